The number of hydrogen-bond donors (Lipinski definition) is 1. The van der Waals surface area contributed by atoms with E-state index in [-0.39, 0.29) is 11.4 Å². The van der Waals surface area contributed by atoms with Crippen molar-refractivity contribution in [2.75, 3.05) is 24.7 Å². The monoisotopic (exact) mass is 379 g/mol. The molecule has 0 unspecified atom stereocenters. The van der Waals surface area contributed by atoms with Crippen LogP contribution in [-0.2, 0) is 10.2 Å². The van der Waals surface area contributed by atoms with Crippen molar-refractivity contribution < 1.29 is 9.53 Å². The normalized spacial score (nSPS) is 14.5. The molecule has 140 valence electrons. The smallest absolute Gasteiger partial charge is 0.338 e. The first kappa shape index (κ1) is 19.4. The molecule has 2 aromatic rings. The van der Waals surface area contributed by atoms with Gasteiger partial charge in [-0.2, -0.15) is 0 Å². The molecule has 2 aromatic carbocycles. The minimum atomic E-state index is -0.317. The van der Waals surface area contributed by atoms with E-state index in [9.17, 15) is 4.79 Å². The van der Waals surface area contributed by atoms with Crippen molar-refractivity contribution in [3.63, 3.8) is 0 Å². The van der Waals surface area contributed by atoms with Crippen LogP contribution in [0.5, 0.6) is 0 Å². The highest BCUT2D eigenvalue weighted by atomic mass is 32.2. The second-order valence-electron chi connectivity index (χ2n) is 7.17. The van der Waals surface area contributed by atoms with Gasteiger partial charge in [0, 0.05) is 23.1 Å². The third kappa shape index (κ3) is 4.31. The van der Waals surface area contributed by atoms with E-state index in [1.165, 1.54) is 22.6 Å². The number of esters is 1. The van der Waals surface area contributed by atoms with Crippen molar-refractivity contribution in [3.05, 3.63) is 58.7 Å². The van der Waals surface area contributed by atoms with Gasteiger partial charge in [0.15, 0.2) is 0 Å². The SMILES string of the molecule is CCOC(=O)c1ccc(C#Cc2ccc3c(c2)C(C)(C)CCS3)c(NC)c1. The fourth-order valence-corrected chi connectivity index (χ4v) is 4.64. The molecule has 0 saturated heterocycles. The Balaban J connectivity index is 1.91. The fourth-order valence-electron chi connectivity index (χ4n) is 3.15. The predicted molar refractivity (Wildman–Crippen MR) is 113 cm³/mol. The molecule has 0 radical (unpaired) electrons. The van der Waals surface area contributed by atoms with Crippen LogP contribution < -0.4 is 5.32 Å². The molecule has 0 atom stereocenters. The average Bonchev–Trinajstić information content (AvgIpc) is 2.66. The van der Waals surface area contributed by atoms with E-state index >= 15 is 0 Å². The number of anilines is 1. The fraction of sp³-hybridized carbons (Fsp3) is 0.348. The molecule has 0 saturated carbocycles. The standard InChI is InChI=1S/C23H25NO2S/c1-5-26-22(25)18-10-9-17(20(15-18)24-4)8-6-16-7-11-21-19(14-16)23(2,3)12-13-27-21/h7,9-11,14-15,24H,5,12-13H2,1-4H3. The molecule has 0 aliphatic carbocycles. The highest BCUT2D eigenvalue weighted by Gasteiger charge is 2.27. The lowest BCUT2D eigenvalue weighted by molar-refractivity contribution is 0.0526. The summed E-state index contributed by atoms with van der Waals surface area (Å²) in [5.41, 5.74) is 4.80. The third-order valence-corrected chi connectivity index (χ3v) is 5.91. The molecule has 4 heteroatoms. The first-order chi connectivity index (χ1) is 12.9. The molecular formula is C23H25NO2S. The summed E-state index contributed by atoms with van der Waals surface area (Å²) in [5.74, 6) is 7.38. The lowest BCUT2D eigenvalue weighted by atomic mass is 9.81. The zero-order valence-corrected chi connectivity index (χ0v) is 17.1. The van der Waals surface area contributed by atoms with Crippen LogP contribution in [-0.4, -0.2) is 25.4 Å². The van der Waals surface area contributed by atoms with Gasteiger partial charge >= 0.3 is 5.97 Å². The van der Waals surface area contributed by atoms with Crippen LogP contribution >= 0.6 is 11.8 Å². The zero-order chi connectivity index (χ0) is 19.4. The summed E-state index contributed by atoms with van der Waals surface area (Å²) >= 11 is 1.93. The summed E-state index contributed by atoms with van der Waals surface area (Å²) in [6, 6.07) is 11.9. The van der Waals surface area contributed by atoms with Crippen LogP contribution in [0.2, 0.25) is 0 Å². The Kier molecular flexibility index (Phi) is 5.82. The quantitative estimate of drug-likeness (QED) is 0.596. The second-order valence-corrected chi connectivity index (χ2v) is 8.31. The molecule has 0 spiro atoms. The van der Waals surface area contributed by atoms with Crippen LogP contribution in [0.25, 0.3) is 0 Å². The number of thioether (sulfide) groups is 1. The van der Waals surface area contributed by atoms with Gasteiger partial charge in [0.1, 0.15) is 0 Å². The van der Waals surface area contributed by atoms with Crippen LogP contribution in [0.15, 0.2) is 41.3 Å². The van der Waals surface area contributed by atoms with Crippen molar-refractivity contribution in [2.45, 2.75) is 37.5 Å². The van der Waals surface area contributed by atoms with Gasteiger partial charge in [-0.05, 0) is 66.5 Å². The van der Waals surface area contributed by atoms with E-state index in [1.807, 2.05) is 24.9 Å². The molecule has 0 amide bonds. The molecule has 1 heterocycles. The number of hydrogen-bond acceptors (Lipinski definition) is 4. The average molecular weight is 380 g/mol. The van der Waals surface area contributed by atoms with Gasteiger partial charge in [-0.15, -0.1) is 11.8 Å². The summed E-state index contributed by atoms with van der Waals surface area (Å²) in [6.45, 7) is 6.77. The first-order valence-corrected chi connectivity index (χ1v) is 10.2. The number of carbonyl (C=O) groups is 1. The Bertz CT molecular complexity index is 922. The molecule has 0 fully saturated rings. The van der Waals surface area contributed by atoms with Crippen molar-refractivity contribution in [1.29, 1.82) is 0 Å². The number of carbonyl (C=O) groups excluding carboxylic acids is 1. The number of fused-ring (bicyclic) bond motifs is 1. The first-order valence-electron chi connectivity index (χ1n) is 9.23. The topological polar surface area (TPSA) is 38.3 Å². The molecule has 3 nitrogen and oxygen atoms in total. The van der Waals surface area contributed by atoms with Crippen LogP contribution in [0.3, 0.4) is 0 Å². The van der Waals surface area contributed by atoms with Crippen molar-refractivity contribution in [3.8, 4) is 11.8 Å². The van der Waals surface area contributed by atoms with E-state index in [1.54, 1.807) is 19.1 Å². The number of rotatable bonds is 3. The number of nitrogens with one attached hydrogen (secondary N) is 1. The lowest BCUT2D eigenvalue weighted by Gasteiger charge is -2.32. The Hall–Kier alpha value is -2.38. The highest BCUT2D eigenvalue weighted by molar-refractivity contribution is 7.99. The minimum Gasteiger partial charge on any atom is -0.462 e. The molecule has 1 aliphatic heterocycles. The number of benzene rings is 2. The van der Waals surface area contributed by atoms with Gasteiger partial charge in [0.25, 0.3) is 0 Å². The maximum absolute atomic E-state index is 11.9. The molecule has 0 bridgehead atoms. The second kappa shape index (κ2) is 8.10. The van der Waals surface area contributed by atoms with E-state index in [0.29, 0.717) is 12.2 Å². The Labute approximate surface area is 165 Å². The molecule has 1 aliphatic rings. The lowest BCUT2D eigenvalue weighted by Crippen LogP contribution is -2.22. The Morgan fingerprint density at radius 1 is 1.22 bits per heavy atom. The van der Waals surface area contributed by atoms with Crippen LogP contribution in [0.4, 0.5) is 5.69 Å². The van der Waals surface area contributed by atoms with E-state index in [2.05, 4.69) is 49.2 Å². The Morgan fingerprint density at radius 3 is 2.78 bits per heavy atom. The summed E-state index contributed by atoms with van der Waals surface area (Å²) in [7, 11) is 1.83. The number of ether oxygens (including phenoxy) is 1. The van der Waals surface area contributed by atoms with Gasteiger partial charge < -0.3 is 10.1 Å². The minimum absolute atomic E-state index is 0.190. The predicted octanol–water partition coefficient (Wildman–Crippen LogP) is 5.08. The van der Waals surface area contributed by atoms with Crippen molar-refractivity contribution >= 4 is 23.4 Å². The molecule has 1 N–H and O–H groups in total. The van der Waals surface area contributed by atoms with Gasteiger partial charge in [-0.1, -0.05) is 25.7 Å². The van der Waals surface area contributed by atoms with E-state index in [0.717, 1.165) is 16.8 Å². The van der Waals surface area contributed by atoms with Gasteiger partial charge in [0.2, 0.25) is 0 Å². The van der Waals surface area contributed by atoms with Crippen LogP contribution in [0, 0.1) is 11.8 Å². The van der Waals surface area contributed by atoms with E-state index < -0.39 is 0 Å². The van der Waals surface area contributed by atoms with Gasteiger partial charge in [-0.3, -0.25) is 0 Å². The summed E-state index contributed by atoms with van der Waals surface area (Å²) in [5, 5.41) is 3.12. The molecule has 0 aromatic heterocycles. The Morgan fingerprint density at radius 2 is 2.04 bits per heavy atom. The zero-order valence-electron chi connectivity index (χ0n) is 16.3. The summed E-state index contributed by atoms with van der Waals surface area (Å²) < 4.78 is 5.06. The highest BCUT2D eigenvalue weighted by Crippen LogP contribution is 2.41. The maximum Gasteiger partial charge on any atom is 0.338 e. The van der Waals surface area contributed by atoms with Gasteiger partial charge in [-0.25, -0.2) is 4.79 Å². The van der Waals surface area contributed by atoms with Crippen LogP contribution in [0.1, 0.15) is 54.2 Å². The molecule has 3 rings (SSSR count). The summed E-state index contributed by atoms with van der Waals surface area (Å²) in [6.07, 6.45) is 1.18. The van der Waals surface area contributed by atoms with E-state index in [4.69, 9.17) is 4.74 Å². The third-order valence-electron chi connectivity index (χ3n) is 4.83. The van der Waals surface area contributed by atoms with Crippen molar-refractivity contribution in [2.24, 2.45) is 0 Å². The van der Waals surface area contributed by atoms with Crippen molar-refractivity contribution in [1.82, 2.24) is 0 Å². The van der Waals surface area contributed by atoms with Gasteiger partial charge in [0.05, 0.1) is 17.9 Å². The molecular weight excluding hydrogens is 354 g/mol. The summed E-state index contributed by atoms with van der Waals surface area (Å²) in [4.78, 5) is 13.3. The largest absolute Gasteiger partial charge is 0.462 e. The molecule has 27 heavy (non-hydrogen) atoms. The maximum atomic E-state index is 11.9.